The Morgan fingerprint density at radius 3 is 2.44 bits per heavy atom. The summed E-state index contributed by atoms with van der Waals surface area (Å²) in [6, 6.07) is 8.54. The van der Waals surface area contributed by atoms with E-state index in [-0.39, 0.29) is 11.3 Å². The highest BCUT2D eigenvalue weighted by Crippen LogP contribution is 2.29. The van der Waals surface area contributed by atoms with Gasteiger partial charge in [-0.2, -0.15) is 0 Å². The average Bonchev–Trinajstić information content (AvgIpc) is 2.97. The van der Waals surface area contributed by atoms with Crippen LogP contribution < -0.4 is 10.6 Å². The van der Waals surface area contributed by atoms with E-state index in [1.54, 1.807) is 7.11 Å². The molecular formula is C22H35N3O2. The number of piperidine rings is 1. The second-order valence-corrected chi connectivity index (χ2v) is 8.11. The van der Waals surface area contributed by atoms with Gasteiger partial charge in [-0.3, -0.25) is 9.69 Å². The number of ether oxygens (including phenoxy) is 1. The maximum Gasteiger partial charge on any atom is 0.228 e. The first-order valence-corrected chi connectivity index (χ1v) is 10.5. The molecule has 0 aliphatic carbocycles. The van der Waals surface area contributed by atoms with Gasteiger partial charge in [-0.05, 0) is 63.0 Å². The number of methoxy groups -OCH3 is 1. The molecule has 1 aromatic rings. The van der Waals surface area contributed by atoms with E-state index in [0.29, 0.717) is 13.2 Å². The summed E-state index contributed by atoms with van der Waals surface area (Å²) < 4.78 is 5.40. The third-order valence-corrected chi connectivity index (χ3v) is 6.11. The fourth-order valence-electron chi connectivity index (χ4n) is 4.40. The van der Waals surface area contributed by atoms with E-state index in [1.807, 2.05) is 0 Å². The maximum atomic E-state index is 13.0. The molecule has 0 atom stereocenters. The number of nitrogens with one attached hydrogen (secondary N) is 2. The molecule has 2 aliphatic rings. The lowest BCUT2D eigenvalue weighted by Crippen LogP contribution is -2.50. The molecule has 150 valence electrons. The summed E-state index contributed by atoms with van der Waals surface area (Å²) in [5.41, 5.74) is 2.18. The Morgan fingerprint density at radius 1 is 1.11 bits per heavy atom. The zero-order valence-electron chi connectivity index (χ0n) is 16.8. The highest BCUT2D eigenvalue weighted by Gasteiger charge is 2.39. The third kappa shape index (κ3) is 5.53. The van der Waals surface area contributed by atoms with Crippen LogP contribution in [0.5, 0.6) is 0 Å². The standard InChI is InChI=1S/C22H35N3O2/c1-27-18-22(10-12-23-13-11-22)21(26)24-16-19-8-4-5-9-20(19)17-25-14-6-2-3-7-15-25/h4-5,8-9,23H,2-3,6-7,10-18H2,1H3,(H,24,26). The second kappa shape index (κ2) is 10.2. The Hall–Kier alpha value is -1.43. The van der Waals surface area contributed by atoms with Crippen LogP contribution >= 0.6 is 0 Å². The van der Waals surface area contributed by atoms with Crippen molar-refractivity contribution in [2.45, 2.75) is 51.6 Å². The predicted molar refractivity (Wildman–Crippen MR) is 108 cm³/mol. The maximum absolute atomic E-state index is 13.0. The molecule has 0 bridgehead atoms. The van der Waals surface area contributed by atoms with Gasteiger partial charge < -0.3 is 15.4 Å². The van der Waals surface area contributed by atoms with E-state index < -0.39 is 0 Å². The molecule has 1 aromatic carbocycles. The van der Waals surface area contributed by atoms with E-state index in [2.05, 4.69) is 39.8 Å². The van der Waals surface area contributed by atoms with Crippen molar-refractivity contribution in [2.75, 3.05) is 39.9 Å². The van der Waals surface area contributed by atoms with Gasteiger partial charge in [0.05, 0.1) is 12.0 Å². The van der Waals surface area contributed by atoms with E-state index in [9.17, 15) is 4.79 Å². The topological polar surface area (TPSA) is 53.6 Å². The lowest BCUT2D eigenvalue weighted by molar-refractivity contribution is -0.136. The van der Waals surface area contributed by atoms with Crippen molar-refractivity contribution in [3.63, 3.8) is 0 Å². The normalized spacial score (nSPS) is 20.8. The number of amides is 1. The van der Waals surface area contributed by atoms with Gasteiger partial charge in [-0.1, -0.05) is 37.1 Å². The smallest absolute Gasteiger partial charge is 0.228 e. The molecule has 0 spiro atoms. The van der Waals surface area contributed by atoms with Crippen molar-refractivity contribution in [2.24, 2.45) is 5.41 Å². The number of benzene rings is 1. The highest BCUT2D eigenvalue weighted by atomic mass is 16.5. The fourth-order valence-corrected chi connectivity index (χ4v) is 4.40. The zero-order chi connectivity index (χ0) is 19.0. The first-order chi connectivity index (χ1) is 13.2. The Kier molecular flexibility index (Phi) is 7.68. The van der Waals surface area contributed by atoms with Gasteiger partial charge in [-0.15, -0.1) is 0 Å². The van der Waals surface area contributed by atoms with Gasteiger partial charge in [-0.25, -0.2) is 0 Å². The number of hydrogen-bond donors (Lipinski definition) is 2. The summed E-state index contributed by atoms with van der Waals surface area (Å²) in [4.78, 5) is 15.6. The molecule has 3 rings (SSSR count). The predicted octanol–water partition coefficient (Wildman–Crippen LogP) is 2.70. The summed E-state index contributed by atoms with van der Waals surface area (Å²) >= 11 is 0. The minimum atomic E-state index is -0.389. The van der Waals surface area contributed by atoms with E-state index in [0.717, 1.165) is 32.5 Å². The Labute approximate surface area is 163 Å². The van der Waals surface area contributed by atoms with Crippen LogP contribution in [-0.4, -0.2) is 50.7 Å². The molecule has 2 N–H and O–H groups in total. The molecule has 2 saturated heterocycles. The molecule has 2 fully saturated rings. The molecule has 0 unspecified atom stereocenters. The molecule has 27 heavy (non-hydrogen) atoms. The third-order valence-electron chi connectivity index (χ3n) is 6.11. The van der Waals surface area contributed by atoms with Gasteiger partial charge in [0.2, 0.25) is 5.91 Å². The van der Waals surface area contributed by atoms with Gasteiger partial charge >= 0.3 is 0 Å². The van der Waals surface area contributed by atoms with Crippen LogP contribution in [0.3, 0.4) is 0 Å². The number of carbonyl (C=O) groups is 1. The molecule has 1 amide bonds. The number of carbonyl (C=O) groups excluding carboxylic acids is 1. The van der Waals surface area contributed by atoms with Gasteiger partial charge in [0.25, 0.3) is 0 Å². The number of likely N-dealkylation sites (tertiary alicyclic amines) is 1. The van der Waals surface area contributed by atoms with Crippen LogP contribution in [0.2, 0.25) is 0 Å². The van der Waals surface area contributed by atoms with Crippen LogP contribution in [0, 0.1) is 5.41 Å². The first-order valence-electron chi connectivity index (χ1n) is 10.5. The molecule has 2 heterocycles. The van der Waals surface area contributed by atoms with Crippen LogP contribution in [0.15, 0.2) is 24.3 Å². The lowest BCUT2D eigenvalue weighted by atomic mass is 9.78. The van der Waals surface area contributed by atoms with E-state index >= 15 is 0 Å². The van der Waals surface area contributed by atoms with Crippen molar-refractivity contribution in [1.29, 1.82) is 0 Å². The number of rotatable bonds is 7. The quantitative estimate of drug-likeness (QED) is 0.772. The summed E-state index contributed by atoms with van der Waals surface area (Å²) in [6.07, 6.45) is 6.97. The molecule has 0 radical (unpaired) electrons. The van der Waals surface area contributed by atoms with Gasteiger partial charge in [0.1, 0.15) is 0 Å². The summed E-state index contributed by atoms with van der Waals surface area (Å²) in [5, 5.41) is 6.56. The molecule has 5 nitrogen and oxygen atoms in total. The molecule has 0 aromatic heterocycles. The number of hydrogen-bond acceptors (Lipinski definition) is 4. The lowest BCUT2D eigenvalue weighted by Gasteiger charge is -2.35. The highest BCUT2D eigenvalue weighted by molar-refractivity contribution is 5.83. The largest absolute Gasteiger partial charge is 0.384 e. The summed E-state index contributed by atoms with van der Waals surface area (Å²) in [6.45, 7) is 6.21. The minimum absolute atomic E-state index is 0.135. The average molecular weight is 374 g/mol. The van der Waals surface area contributed by atoms with Crippen LogP contribution in [0.4, 0.5) is 0 Å². The molecule has 2 aliphatic heterocycles. The van der Waals surface area contributed by atoms with Crippen LogP contribution in [0.1, 0.15) is 49.7 Å². The first kappa shape index (κ1) is 20.3. The van der Waals surface area contributed by atoms with E-state index in [1.165, 1.54) is 49.9 Å². The van der Waals surface area contributed by atoms with Crippen molar-refractivity contribution >= 4 is 5.91 Å². The fraction of sp³-hybridized carbons (Fsp3) is 0.682. The van der Waals surface area contributed by atoms with Crippen LogP contribution in [-0.2, 0) is 22.6 Å². The summed E-state index contributed by atoms with van der Waals surface area (Å²) in [7, 11) is 1.69. The van der Waals surface area contributed by atoms with Crippen LogP contribution in [0.25, 0.3) is 0 Å². The second-order valence-electron chi connectivity index (χ2n) is 8.11. The van der Waals surface area contributed by atoms with Crippen molar-refractivity contribution in [3.8, 4) is 0 Å². The minimum Gasteiger partial charge on any atom is -0.384 e. The van der Waals surface area contributed by atoms with Gasteiger partial charge in [0.15, 0.2) is 0 Å². The van der Waals surface area contributed by atoms with Crippen molar-refractivity contribution < 1.29 is 9.53 Å². The SMILES string of the molecule is COCC1(C(=O)NCc2ccccc2CN2CCCCCC2)CCNCC1. The van der Waals surface area contributed by atoms with E-state index in [4.69, 9.17) is 4.74 Å². The Morgan fingerprint density at radius 2 is 1.78 bits per heavy atom. The molecule has 0 saturated carbocycles. The monoisotopic (exact) mass is 373 g/mol. The van der Waals surface area contributed by atoms with Crippen molar-refractivity contribution in [3.05, 3.63) is 35.4 Å². The Bertz CT molecular complexity index is 585. The zero-order valence-corrected chi connectivity index (χ0v) is 16.8. The van der Waals surface area contributed by atoms with Gasteiger partial charge in [0, 0.05) is 20.2 Å². The molecule has 5 heteroatoms. The number of nitrogens with zero attached hydrogens (tertiary/aromatic N) is 1. The van der Waals surface area contributed by atoms with Crippen molar-refractivity contribution in [1.82, 2.24) is 15.5 Å². The molecular weight excluding hydrogens is 338 g/mol. The Balaban J connectivity index is 1.62. The summed E-state index contributed by atoms with van der Waals surface area (Å²) in [5.74, 6) is 0.135.